The molecule has 7 heteroatoms. The van der Waals surface area contributed by atoms with Crippen LogP contribution >= 0.6 is 0 Å². The fourth-order valence-electron chi connectivity index (χ4n) is 4.19. The van der Waals surface area contributed by atoms with E-state index in [0.29, 0.717) is 13.0 Å². The molecule has 0 spiro atoms. The minimum atomic E-state index is -1.60. The highest BCUT2D eigenvalue weighted by atomic mass is 16.5. The Balaban J connectivity index is 1.41. The van der Waals surface area contributed by atoms with Gasteiger partial charge in [0.2, 0.25) is 5.91 Å². The number of hydrogen-bond donors (Lipinski definition) is 3. The molecule has 2 bridgehead atoms. The Kier molecular flexibility index (Phi) is 4.24. The second-order valence-electron chi connectivity index (χ2n) is 7.03. The van der Waals surface area contributed by atoms with Gasteiger partial charge in [-0.2, -0.15) is 0 Å². The van der Waals surface area contributed by atoms with Crippen molar-refractivity contribution in [1.29, 1.82) is 0 Å². The number of fused-ring (bicyclic) bond motifs is 3. The van der Waals surface area contributed by atoms with Crippen molar-refractivity contribution in [2.24, 2.45) is 5.92 Å². The van der Waals surface area contributed by atoms with Crippen molar-refractivity contribution in [3.8, 4) is 5.75 Å². The van der Waals surface area contributed by atoms with E-state index in [2.05, 4.69) is 5.32 Å². The largest absolute Gasteiger partial charge is 0.493 e. The molecule has 2 fully saturated rings. The Morgan fingerprint density at radius 3 is 2.88 bits per heavy atom. The van der Waals surface area contributed by atoms with E-state index < -0.39 is 13.1 Å². The van der Waals surface area contributed by atoms with E-state index in [1.54, 1.807) is 0 Å². The van der Waals surface area contributed by atoms with Gasteiger partial charge in [0.1, 0.15) is 5.75 Å². The first-order valence-corrected chi connectivity index (χ1v) is 8.65. The van der Waals surface area contributed by atoms with Gasteiger partial charge in [0.05, 0.1) is 30.7 Å². The lowest BCUT2D eigenvalue weighted by atomic mass is 9.73. The number of para-hydroxylation sites is 1. The molecule has 4 rings (SSSR count). The molecule has 1 aromatic rings. The SMILES string of the molecule is O=C(N[C@@H](C[C@@H]1COc2ccccc21)B(O)O)[C@H]1C[C@@H]2CC[C@H]1O2. The van der Waals surface area contributed by atoms with Gasteiger partial charge < -0.3 is 24.8 Å². The van der Waals surface area contributed by atoms with Gasteiger partial charge in [-0.1, -0.05) is 18.2 Å². The highest BCUT2D eigenvalue weighted by molar-refractivity contribution is 6.43. The highest BCUT2D eigenvalue weighted by Gasteiger charge is 2.45. The Bertz CT molecular complexity index is 625. The molecule has 6 nitrogen and oxygen atoms in total. The number of benzene rings is 1. The quantitative estimate of drug-likeness (QED) is 0.689. The number of amides is 1. The predicted octanol–water partition coefficient (Wildman–Crippen LogP) is 0.617. The molecule has 0 unspecified atom stereocenters. The minimum absolute atomic E-state index is 0.0120. The molecule has 0 saturated carbocycles. The van der Waals surface area contributed by atoms with E-state index in [-0.39, 0.29) is 30.0 Å². The number of hydrogen-bond acceptors (Lipinski definition) is 5. The molecule has 0 aromatic heterocycles. The number of rotatable bonds is 5. The van der Waals surface area contributed by atoms with Crippen molar-refractivity contribution in [1.82, 2.24) is 5.32 Å². The van der Waals surface area contributed by atoms with E-state index in [1.165, 1.54) is 0 Å². The summed E-state index contributed by atoms with van der Waals surface area (Å²) in [5, 5.41) is 22.3. The van der Waals surface area contributed by atoms with E-state index in [1.807, 2.05) is 24.3 Å². The van der Waals surface area contributed by atoms with Crippen molar-refractivity contribution >= 4 is 13.0 Å². The molecule has 3 N–H and O–H groups in total. The van der Waals surface area contributed by atoms with Crippen LogP contribution < -0.4 is 10.1 Å². The summed E-state index contributed by atoms with van der Waals surface area (Å²) in [6.07, 6.45) is 3.29. The van der Waals surface area contributed by atoms with Crippen molar-refractivity contribution in [3.05, 3.63) is 29.8 Å². The van der Waals surface area contributed by atoms with Crippen molar-refractivity contribution in [3.63, 3.8) is 0 Å². The van der Waals surface area contributed by atoms with Crippen molar-refractivity contribution in [2.45, 2.75) is 49.8 Å². The molecule has 5 atom stereocenters. The molecule has 1 amide bonds. The number of nitrogens with one attached hydrogen (secondary N) is 1. The molecule has 2 saturated heterocycles. The summed E-state index contributed by atoms with van der Waals surface area (Å²) in [4.78, 5) is 12.5. The van der Waals surface area contributed by atoms with Gasteiger partial charge in [0.25, 0.3) is 0 Å². The third-order valence-electron chi connectivity index (χ3n) is 5.47. The maximum Gasteiger partial charge on any atom is 0.475 e. The van der Waals surface area contributed by atoms with E-state index >= 15 is 0 Å². The summed E-state index contributed by atoms with van der Waals surface area (Å²) in [6.45, 7) is 0.496. The lowest BCUT2D eigenvalue weighted by Crippen LogP contribution is -2.50. The summed E-state index contributed by atoms with van der Waals surface area (Å²) in [5.74, 6) is -0.132. The normalized spacial score (nSPS) is 31.4. The minimum Gasteiger partial charge on any atom is -0.493 e. The molecule has 3 aliphatic rings. The summed E-state index contributed by atoms with van der Waals surface area (Å²) < 4.78 is 11.4. The van der Waals surface area contributed by atoms with Crippen LogP contribution in [0.4, 0.5) is 0 Å². The lowest BCUT2D eigenvalue weighted by molar-refractivity contribution is -0.127. The maximum absolute atomic E-state index is 12.5. The standard InChI is InChI=1S/C17H22BNO5/c20-17(13-8-11-5-6-15(13)24-11)19-16(18(21)22)7-10-9-23-14-4-2-1-3-12(10)14/h1-4,10-11,13,15-16,21-22H,5-9H2,(H,19,20)/t10-,11+,13+,15-,16+/m1/s1. The Morgan fingerprint density at radius 1 is 1.33 bits per heavy atom. The first kappa shape index (κ1) is 15.9. The van der Waals surface area contributed by atoms with Crippen LogP contribution in [0.25, 0.3) is 0 Å². The molecule has 128 valence electrons. The van der Waals surface area contributed by atoms with Gasteiger partial charge in [0.15, 0.2) is 0 Å². The molecule has 3 heterocycles. The Hall–Kier alpha value is -1.57. The number of carbonyl (C=O) groups excluding carboxylic acids is 1. The molecule has 0 radical (unpaired) electrons. The third kappa shape index (κ3) is 2.92. The Morgan fingerprint density at radius 2 is 2.17 bits per heavy atom. The smallest absolute Gasteiger partial charge is 0.475 e. The van der Waals surface area contributed by atoms with Crippen LogP contribution in [0.15, 0.2) is 24.3 Å². The van der Waals surface area contributed by atoms with E-state index in [4.69, 9.17) is 9.47 Å². The topological polar surface area (TPSA) is 88.0 Å². The van der Waals surface area contributed by atoms with Crippen LogP contribution in [0.5, 0.6) is 5.75 Å². The maximum atomic E-state index is 12.5. The van der Waals surface area contributed by atoms with Gasteiger partial charge in [0, 0.05) is 11.5 Å². The zero-order valence-corrected chi connectivity index (χ0v) is 13.4. The fraction of sp³-hybridized carbons (Fsp3) is 0.588. The van der Waals surface area contributed by atoms with Gasteiger partial charge in [-0.25, -0.2) is 0 Å². The van der Waals surface area contributed by atoms with Crippen LogP contribution in [0.2, 0.25) is 0 Å². The zero-order valence-electron chi connectivity index (χ0n) is 13.4. The summed E-state index contributed by atoms with van der Waals surface area (Å²) in [7, 11) is -1.60. The Labute approximate surface area is 141 Å². The van der Waals surface area contributed by atoms with Crippen LogP contribution in [-0.4, -0.2) is 47.8 Å². The first-order valence-electron chi connectivity index (χ1n) is 8.65. The molecular formula is C17H22BNO5. The molecule has 1 aromatic carbocycles. The molecule has 24 heavy (non-hydrogen) atoms. The van der Waals surface area contributed by atoms with Gasteiger partial charge in [-0.15, -0.1) is 0 Å². The first-order chi connectivity index (χ1) is 11.6. The second kappa shape index (κ2) is 6.39. The summed E-state index contributed by atoms with van der Waals surface area (Å²) in [5.41, 5.74) is 1.06. The fourth-order valence-corrected chi connectivity index (χ4v) is 4.19. The predicted molar refractivity (Wildman–Crippen MR) is 87.4 cm³/mol. The summed E-state index contributed by atoms with van der Waals surface area (Å²) >= 11 is 0. The third-order valence-corrected chi connectivity index (χ3v) is 5.47. The molecule has 0 aliphatic carbocycles. The van der Waals surface area contributed by atoms with Gasteiger partial charge >= 0.3 is 7.12 Å². The second-order valence-corrected chi connectivity index (χ2v) is 7.03. The average Bonchev–Trinajstić information content (AvgIpc) is 3.29. The monoisotopic (exact) mass is 331 g/mol. The zero-order chi connectivity index (χ0) is 16.7. The van der Waals surface area contributed by atoms with Crippen LogP contribution in [0.1, 0.15) is 37.2 Å². The average molecular weight is 331 g/mol. The highest BCUT2D eigenvalue weighted by Crippen LogP contribution is 2.39. The van der Waals surface area contributed by atoms with Gasteiger partial charge in [-0.3, -0.25) is 4.79 Å². The van der Waals surface area contributed by atoms with Crippen molar-refractivity contribution < 1.29 is 24.3 Å². The molecule has 3 aliphatic heterocycles. The number of ether oxygens (including phenoxy) is 2. The van der Waals surface area contributed by atoms with E-state index in [0.717, 1.165) is 30.6 Å². The van der Waals surface area contributed by atoms with Crippen molar-refractivity contribution in [2.75, 3.05) is 6.61 Å². The van der Waals surface area contributed by atoms with E-state index in [9.17, 15) is 14.8 Å². The lowest BCUT2D eigenvalue weighted by Gasteiger charge is -2.24. The summed E-state index contributed by atoms with van der Waals surface area (Å²) in [6, 6.07) is 7.75. The van der Waals surface area contributed by atoms with Crippen LogP contribution in [0, 0.1) is 5.92 Å². The van der Waals surface area contributed by atoms with Crippen LogP contribution in [0.3, 0.4) is 0 Å². The number of carbonyl (C=O) groups is 1. The molecular weight excluding hydrogens is 309 g/mol. The van der Waals surface area contributed by atoms with Crippen LogP contribution in [-0.2, 0) is 9.53 Å². The van der Waals surface area contributed by atoms with Gasteiger partial charge in [-0.05, 0) is 31.7 Å².